The fourth-order valence-electron chi connectivity index (χ4n) is 1.78. The van der Waals surface area contributed by atoms with Gasteiger partial charge in [0.25, 0.3) is 0 Å². The zero-order valence-corrected chi connectivity index (χ0v) is 12.1. The number of rotatable bonds is 3. The number of thioether (sulfide) groups is 1. The standard InChI is InChI=1S/C14H12BrFOS/c1-18-13-5-3-2-4-10(13)14(17)11-8-9(15)6-7-12(11)16/h2-8,14,17H,1H3. The van der Waals surface area contributed by atoms with Crippen LogP contribution in [-0.2, 0) is 0 Å². The van der Waals surface area contributed by atoms with Gasteiger partial charge in [0.05, 0.1) is 0 Å². The first-order valence-electron chi connectivity index (χ1n) is 5.39. The average molecular weight is 327 g/mol. The van der Waals surface area contributed by atoms with Crippen LogP contribution < -0.4 is 0 Å². The van der Waals surface area contributed by atoms with Crippen LogP contribution in [-0.4, -0.2) is 11.4 Å². The van der Waals surface area contributed by atoms with Crippen LogP contribution in [0.5, 0.6) is 0 Å². The third-order valence-corrected chi connectivity index (χ3v) is 3.99. The fourth-order valence-corrected chi connectivity index (χ4v) is 2.79. The molecule has 18 heavy (non-hydrogen) atoms. The molecule has 1 nitrogen and oxygen atoms in total. The number of aliphatic hydroxyl groups is 1. The highest BCUT2D eigenvalue weighted by molar-refractivity contribution is 9.10. The van der Waals surface area contributed by atoms with Crippen LogP contribution in [0, 0.1) is 5.82 Å². The number of hydrogen-bond acceptors (Lipinski definition) is 2. The van der Waals surface area contributed by atoms with Crippen molar-refractivity contribution in [2.45, 2.75) is 11.0 Å². The zero-order valence-electron chi connectivity index (χ0n) is 9.73. The first-order chi connectivity index (χ1) is 8.63. The van der Waals surface area contributed by atoms with E-state index in [2.05, 4.69) is 15.9 Å². The molecule has 0 heterocycles. The van der Waals surface area contributed by atoms with Crippen LogP contribution in [0.1, 0.15) is 17.2 Å². The van der Waals surface area contributed by atoms with Crippen LogP contribution in [0.15, 0.2) is 51.8 Å². The second-order valence-electron chi connectivity index (χ2n) is 3.81. The monoisotopic (exact) mass is 326 g/mol. The molecule has 1 N–H and O–H groups in total. The maximum atomic E-state index is 13.8. The second kappa shape index (κ2) is 5.87. The van der Waals surface area contributed by atoms with Crippen molar-refractivity contribution in [3.8, 4) is 0 Å². The van der Waals surface area contributed by atoms with Gasteiger partial charge in [-0.05, 0) is 36.1 Å². The van der Waals surface area contributed by atoms with E-state index in [1.54, 1.807) is 12.1 Å². The van der Waals surface area contributed by atoms with Crippen LogP contribution in [0.2, 0.25) is 0 Å². The Balaban J connectivity index is 2.47. The van der Waals surface area contributed by atoms with Gasteiger partial charge in [-0.25, -0.2) is 4.39 Å². The predicted molar refractivity (Wildman–Crippen MR) is 76.4 cm³/mol. The van der Waals surface area contributed by atoms with E-state index in [4.69, 9.17) is 0 Å². The minimum Gasteiger partial charge on any atom is -0.384 e. The van der Waals surface area contributed by atoms with E-state index in [0.717, 1.165) is 14.9 Å². The summed E-state index contributed by atoms with van der Waals surface area (Å²) in [5, 5.41) is 10.3. The molecule has 94 valence electrons. The predicted octanol–water partition coefficient (Wildman–Crippen LogP) is 4.39. The molecule has 0 aliphatic heterocycles. The van der Waals surface area contributed by atoms with E-state index in [1.807, 2.05) is 30.5 Å². The summed E-state index contributed by atoms with van der Waals surface area (Å²) in [4.78, 5) is 0.948. The van der Waals surface area contributed by atoms with Crippen molar-refractivity contribution in [3.63, 3.8) is 0 Å². The van der Waals surface area contributed by atoms with Crippen LogP contribution >= 0.6 is 27.7 Å². The summed E-state index contributed by atoms with van der Waals surface area (Å²) < 4.78 is 14.5. The third kappa shape index (κ3) is 2.76. The normalized spacial score (nSPS) is 12.4. The van der Waals surface area contributed by atoms with Gasteiger partial charge in [-0.3, -0.25) is 0 Å². The zero-order chi connectivity index (χ0) is 13.1. The number of benzene rings is 2. The summed E-state index contributed by atoms with van der Waals surface area (Å²) >= 11 is 4.82. The molecule has 0 aromatic heterocycles. The van der Waals surface area contributed by atoms with E-state index in [9.17, 15) is 9.50 Å². The molecule has 2 aromatic carbocycles. The van der Waals surface area contributed by atoms with Gasteiger partial charge in [-0.2, -0.15) is 0 Å². The van der Waals surface area contributed by atoms with Crippen molar-refractivity contribution in [2.75, 3.05) is 6.26 Å². The smallest absolute Gasteiger partial charge is 0.129 e. The summed E-state index contributed by atoms with van der Waals surface area (Å²) in [5.41, 5.74) is 1.01. The molecule has 0 amide bonds. The molecule has 0 bridgehead atoms. The van der Waals surface area contributed by atoms with Crippen molar-refractivity contribution < 1.29 is 9.50 Å². The topological polar surface area (TPSA) is 20.2 Å². The minimum atomic E-state index is -0.953. The lowest BCUT2D eigenvalue weighted by Crippen LogP contribution is -2.04. The summed E-state index contributed by atoms with van der Waals surface area (Å²) in [6, 6.07) is 12.1. The first-order valence-corrected chi connectivity index (χ1v) is 7.41. The van der Waals surface area contributed by atoms with Crippen LogP contribution in [0.4, 0.5) is 4.39 Å². The van der Waals surface area contributed by atoms with Gasteiger partial charge >= 0.3 is 0 Å². The van der Waals surface area contributed by atoms with Crippen molar-refractivity contribution in [2.24, 2.45) is 0 Å². The van der Waals surface area contributed by atoms with Gasteiger partial charge in [0, 0.05) is 14.9 Å². The molecular formula is C14H12BrFOS. The van der Waals surface area contributed by atoms with Gasteiger partial charge in [-0.15, -0.1) is 11.8 Å². The average Bonchev–Trinajstić information content (AvgIpc) is 2.40. The molecule has 2 rings (SSSR count). The molecule has 4 heteroatoms. The van der Waals surface area contributed by atoms with Crippen LogP contribution in [0.25, 0.3) is 0 Å². The summed E-state index contributed by atoms with van der Waals surface area (Å²) in [5.74, 6) is -0.401. The maximum absolute atomic E-state index is 13.8. The number of halogens is 2. The summed E-state index contributed by atoms with van der Waals surface area (Å²) in [6.45, 7) is 0. The van der Waals surface area contributed by atoms with Crippen molar-refractivity contribution in [3.05, 3.63) is 63.9 Å². The number of hydrogen-bond donors (Lipinski definition) is 1. The Morgan fingerprint density at radius 1 is 1.17 bits per heavy atom. The quantitative estimate of drug-likeness (QED) is 0.844. The van der Waals surface area contributed by atoms with E-state index in [0.29, 0.717) is 0 Å². The molecule has 1 atom stereocenters. The highest BCUT2D eigenvalue weighted by atomic mass is 79.9. The van der Waals surface area contributed by atoms with Crippen molar-refractivity contribution >= 4 is 27.7 Å². The highest BCUT2D eigenvalue weighted by Gasteiger charge is 2.17. The van der Waals surface area contributed by atoms with Gasteiger partial charge in [0.1, 0.15) is 11.9 Å². The Morgan fingerprint density at radius 2 is 1.89 bits per heavy atom. The minimum absolute atomic E-state index is 0.283. The lowest BCUT2D eigenvalue weighted by atomic mass is 10.0. The summed E-state index contributed by atoms with van der Waals surface area (Å²) in [7, 11) is 0. The fraction of sp³-hybridized carbons (Fsp3) is 0.143. The largest absolute Gasteiger partial charge is 0.384 e. The van der Waals surface area contributed by atoms with Gasteiger partial charge in [-0.1, -0.05) is 34.1 Å². The molecule has 0 aliphatic rings. The second-order valence-corrected chi connectivity index (χ2v) is 5.57. The van der Waals surface area contributed by atoms with Gasteiger partial charge in [0.2, 0.25) is 0 Å². The molecule has 0 radical (unpaired) electrons. The van der Waals surface area contributed by atoms with E-state index < -0.39 is 11.9 Å². The Bertz CT molecular complexity index is 559. The van der Waals surface area contributed by atoms with Crippen molar-refractivity contribution in [1.29, 1.82) is 0 Å². The lowest BCUT2D eigenvalue weighted by molar-refractivity contribution is 0.212. The Labute approximate surface area is 118 Å². The Morgan fingerprint density at radius 3 is 2.61 bits per heavy atom. The molecule has 0 aliphatic carbocycles. The van der Waals surface area contributed by atoms with E-state index in [-0.39, 0.29) is 5.56 Å². The third-order valence-electron chi connectivity index (χ3n) is 2.69. The van der Waals surface area contributed by atoms with E-state index in [1.165, 1.54) is 17.8 Å². The van der Waals surface area contributed by atoms with Crippen LogP contribution in [0.3, 0.4) is 0 Å². The maximum Gasteiger partial charge on any atom is 0.129 e. The number of aliphatic hydroxyl groups excluding tert-OH is 1. The molecule has 0 fully saturated rings. The Kier molecular flexibility index (Phi) is 4.43. The van der Waals surface area contributed by atoms with E-state index >= 15 is 0 Å². The molecule has 1 unspecified atom stereocenters. The molecule has 0 spiro atoms. The Hall–Kier alpha value is -0.840. The molecule has 2 aromatic rings. The van der Waals surface area contributed by atoms with Gasteiger partial charge < -0.3 is 5.11 Å². The molecule has 0 saturated heterocycles. The SMILES string of the molecule is CSc1ccccc1C(O)c1cc(Br)ccc1F. The van der Waals surface area contributed by atoms with Crippen molar-refractivity contribution in [1.82, 2.24) is 0 Å². The first kappa shape index (κ1) is 13.6. The molecular weight excluding hydrogens is 315 g/mol. The lowest BCUT2D eigenvalue weighted by Gasteiger charge is -2.15. The highest BCUT2D eigenvalue weighted by Crippen LogP contribution is 2.32. The molecule has 0 saturated carbocycles. The summed E-state index contributed by atoms with van der Waals surface area (Å²) in [6.07, 6.45) is 0.981. The van der Waals surface area contributed by atoms with Gasteiger partial charge in [0.15, 0.2) is 0 Å².